The lowest BCUT2D eigenvalue weighted by molar-refractivity contribution is -0.123. The Balaban J connectivity index is 1.85. The predicted octanol–water partition coefficient (Wildman–Crippen LogP) is 3.45. The molecule has 1 aromatic carbocycles. The van der Waals surface area contributed by atoms with Gasteiger partial charge in [0.25, 0.3) is 5.91 Å². The minimum absolute atomic E-state index is 0.00471. The number of hydrogen-bond donors (Lipinski definition) is 1. The first-order chi connectivity index (χ1) is 10.8. The molecule has 0 atom stereocenters. The van der Waals surface area contributed by atoms with Gasteiger partial charge in [0, 0.05) is 29.1 Å². The van der Waals surface area contributed by atoms with Gasteiger partial charge in [-0.2, -0.15) is 0 Å². The fourth-order valence-corrected chi connectivity index (χ4v) is 3.41. The van der Waals surface area contributed by atoms with Crippen molar-refractivity contribution >= 4 is 34.4 Å². The van der Waals surface area contributed by atoms with E-state index >= 15 is 0 Å². The van der Waals surface area contributed by atoms with Crippen LogP contribution >= 0.6 is 22.6 Å². The summed E-state index contributed by atoms with van der Waals surface area (Å²) >= 11 is 2.20. The third-order valence-electron chi connectivity index (χ3n) is 3.94. The fraction of sp³-hybridized carbons (Fsp3) is 0.556. The monoisotopic (exact) mass is 428 g/mol. The number of amides is 2. The highest BCUT2D eigenvalue weighted by atomic mass is 127. The largest absolute Gasteiger partial charge is 0.353 e. The van der Waals surface area contributed by atoms with E-state index in [0.29, 0.717) is 19.5 Å². The molecule has 4 nitrogen and oxygen atoms in total. The molecule has 0 radical (unpaired) electrons. The van der Waals surface area contributed by atoms with E-state index in [1.54, 1.807) is 0 Å². The van der Waals surface area contributed by atoms with Crippen molar-refractivity contribution in [1.29, 1.82) is 0 Å². The molecule has 2 rings (SSSR count). The quantitative estimate of drug-likeness (QED) is 0.750. The summed E-state index contributed by atoms with van der Waals surface area (Å²) in [6, 6.07) is 7.85. The lowest BCUT2D eigenvalue weighted by Gasteiger charge is -2.33. The van der Waals surface area contributed by atoms with Crippen LogP contribution in [0.2, 0.25) is 0 Å². The van der Waals surface area contributed by atoms with E-state index in [4.69, 9.17) is 0 Å². The van der Waals surface area contributed by atoms with Crippen LogP contribution in [0, 0.1) is 8.99 Å². The molecule has 1 fully saturated rings. The molecule has 0 aromatic heterocycles. The molecule has 2 amide bonds. The summed E-state index contributed by atoms with van der Waals surface area (Å²) in [4.78, 5) is 26.5. The maximum Gasteiger partial charge on any atom is 0.254 e. The van der Waals surface area contributed by atoms with Crippen LogP contribution in [0.5, 0.6) is 0 Å². The molecule has 126 valence electrons. The lowest BCUT2D eigenvalue weighted by atomic mass is 9.91. The van der Waals surface area contributed by atoms with Gasteiger partial charge in [-0.05, 0) is 53.0 Å². The molecule has 0 spiro atoms. The average molecular weight is 428 g/mol. The highest BCUT2D eigenvalue weighted by Crippen LogP contribution is 2.20. The Hall–Kier alpha value is -1.11. The Labute approximate surface area is 152 Å². The number of carbonyl (C=O) groups is 2. The summed E-state index contributed by atoms with van der Waals surface area (Å²) in [6.45, 7) is 7.59. The number of carbonyl (C=O) groups excluding carboxylic acids is 2. The maximum atomic E-state index is 12.6. The van der Waals surface area contributed by atoms with Gasteiger partial charge >= 0.3 is 0 Å². The normalized spacial score (nSPS) is 16.3. The molecule has 1 aliphatic rings. The Kier molecular flexibility index (Phi) is 6.06. The first kappa shape index (κ1) is 18.2. The molecular formula is C18H25IN2O2. The first-order valence-electron chi connectivity index (χ1n) is 8.09. The molecule has 0 aliphatic carbocycles. The second-order valence-electron chi connectivity index (χ2n) is 7.35. The van der Waals surface area contributed by atoms with E-state index < -0.39 is 0 Å². The number of hydrogen-bond acceptors (Lipinski definition) is 2. The Morgan fingerprint density at radius 1 is 1.22 bits per heavy atom. The van der Waals surface area contributed by atoms with Crippen molar-refractivity contribution in [2.45, 2.75) is 46.1 Å². The van der Waals surface area contributed by atoms with Gasteiger partial charge in [0.15, 0.2) is 0 Å². The van der Waals surface area contributed by atoms with Crippen LogP contribution in [0.4, 0.5) is 0 Å². The summed E-state index contributed by atoms with van der Waals surface area (Å²) in [5.74, 6) is 0.203. The second-order valence-corrected chi connectivity index (χ2v) is 8.51. The van der Waals surface area contributed by atoms with Crippen molar-refractivity contribution in [2.75, 3.05) is 13.1 Å². The number of halogens is 1. The van der Waals surface area contributed by atoms with Crippen LogP contribution in [-0.4, -0.2) is 35.8 Å². The number of nitrogens with zero attached hydrogens (tertiary/aromatic N) is 1. The molecular weight excluding hydrogens is 403 g/mol. The van der Waals surface area contributed by atoms with Gasteiger partial charge in [-0.15, -0.1) is 0 Å². The minimum Gasteiger partial charge on any atom is -0.353 e. The zero-order valence-corrected chi connectivity index (χ0v) is 16.2. The summed E-state index contributed by atoms with van der Waals surface area (Å²) in [7, 11) is 0. The van der Waals surface area contributed by atoms with Crippen LogP contribution < -0.4 is 5.32 Å². The minimum atomic E-state index is 0.00471. The van der Waals surface area contributed by atoms with E-state index in [9.17, 15) is 9.59 Å². The highest BCUT2D eigenvalue weighted by Gasteiger charge is 2.26. The number of benzene rings is 1. The van der Waals surface area contributed by atoms with E-state index in [0.717, 1.165) is 22.0 Å². The number of likely N-dealkylation sites (tertiary alicyclic amines) is 1. The third-order valence-corrected chi connectivity index (χ3v) is 4.88. The highest BCUT2D eigenvalue weighted by molar-refractivity contribution is 14.1. The molecule has 5 heteroatoms. The molecule has 1 aromatic rings. The summed E-state index contributed by atoms with van der Waals surface area (Å²) in [6.07, 6.45) is 2.18. The molecule has 1 saturated heterocycles. The Bertz CT molecular complexity index is 573. The lowest BCUT2D eigenvalue weighted by Crippen LogP contribution is -2.47. The van der Waals surface area contributed by atoms with Gasteiger partial charge in [-0.25, -0.2) is 0 Å². The van der Waals surface area contributed by atoms with E-state index in [1.807, 2.05) is 29.2 Å². The first-order valence-corrected chi connectivity index (χ1v) is 9.17. The smallest absolute Gasteiger partial charge is 0.254 e. The van der Waals surface area contributed by atoms with Crippen molar-refractivity contribution in [3.63, 3.8) is 0 Å². The fourth-order valence-electron chi connectivity index (χ4n) is 2.79. The van der Waals surface area contributed by atoms with Gasteiger partial charge in [0.2, 0.25) is 5.91 Å². The van der Waals surface area contributed by atoms with Crippen LogP contribution in [0.25, 0.3) is 0 Å². The van der Waals surface area contributed by atoms with Crippen molar-refractivity contribution in [3.05, 3.63) is 33.4 Å². The average Bonchev–Trinajstić information content (AvgIpc) is 2.46. The molecule has 1 aliphatic heterocycles. The number of piperidine rings is 1. The number of nitrogens with one attached hydrogen (secondary N) is 1. The Morgan fingerprint density at radius 3 is 2.39 bits per heavy atom. The molecule has 0 saturated carbocycles. The predicted molar refractivity (Wildman–Crippen MR) is 100 cm³/mol. The Morgan fingerprint density at radius 2 is 1.83 bits per heavy atom. The standard InChI is InChI=1S/C18H25IN2O2/c1-18(2,3)12-16(22)20-13-8-10-21(11-9-13)17(23)14-6-4-5-7-15(14)19/h4-7,13H,8-12H2,1-3H3,(H,20,22). The van der Waals surface area contributed by atoms with E-state index in [2.05, 4.69) is 48.7 Å². The van der Waals surface area contributed by atoms with Gasteiger partial charge in [0.05, 0.1) is 5.56 Å². The van der Waals surface area contributed by atoms with Gasteiger partial charge in [0.1, 0.15) is 0 Å². The molecule has 1 N–H and O–H groups in total. The zero-order valence-electron chi connectivity index (χ0n) is 14.1. The van der Waals surface area contributed by atoms with Gasteiger partial charge in [-0.1, -0.05) is 32.9 Å². The summed E-state index contributed by atoms with van der Waals surface area (Å²) in [5.41, 5.74) is 0.772. The molecule has 1 heterocycles. The van der Waals surface area contributed by atoms with Crippen molar-refractivity contribution in [1.82, 2.24) is 10.2 Å². The molecule has 23 heavy (non-hydrogen) atoms. The number of rotatable bonds is 3. The van der Waals surface area contributed by atoms with Crippen molar-refractivity contribution < 1.29 is 9.59 Å². The third kappa shape index (κ3) is 5.48. The summed E-state index contributed by atoms with van der Waals surface area (Å²) < 4.78 is 0.982. The zero-order chi connectivity index (χ0) is 17.0. The van der Waals surface area contributed by atoms with Crippen LogP contribution in [-0.2, 0) is 4.79 Å². The van der Waals surface area contributed by atoms with Gasteiger partial charge in [-0.3, -0.25) is 9.59 Å². The van der Waals surface area contributed by atoms with Crippen LogP contribution in [0.1, 0.15) is 50.4 Å². The molecule has 0 unspecified atom stereocenters. The maximum absolute atomic E-state index is 12.6. The van der Waals surface area contributed by atoms with Gasteiger partial charge < -0.3 is 10.2 Å². The summed E-state index contributed by atoms with van der Waals surface area (Å²) in [5, 5.41) is 3.11. The second kappa shape index (κ2) is 7.64. The molecule has 0 bridgehead atoms. The van der Waals surface area contributed by atoms with Crippen molar-refractivity contribution in [3.8, 4) is 0 Å². The van der Waals surface area contributed by atoms with E-state index in [1.165, 1.54) is 0 Å². The van der Waals surface area contributed by atoms with Crippen LogP contribution in [0.15, 0.2) is 24.3 Å². The van der Waals surface area contributed by atoms with Crippen molar-refractivity contribution in [2.24, 2.45) is 5.41 Å². The van der Waals surface area contributed by atoms with Crippen LogP contribution in [0.3, 0.4) is 0 Å². The topological polar surface area (TPSA) is 49.4 Å². The van der Waals surface area contributed by atoms with E-state index in [-0.39, 0.29) is 23.3 Å². The SMILES string of the molecule is CC(C)(C)CC(=O)NC1CCN(C(=O)c2ccccc2I)CC1.